The lowest BCUT2D eigenvalue weighted by Gasteiger charge is -2.47. The molecule has 4 rings (SSSR count). The molecule has 6 N–H and O–H groups in total. The topological polar surface area (TPSA) is 117 Å². The molecule has 2 atom stereocenters. The Morgan fingerprint density at radius 1 is 1.05 bits per heavy atom. The van der Waals surface area contributed by atoms with E-state index in [0.717, 1.165) is 49.8 Å². The number of anilines is 2. The number of nitrogens with one attached hydrogen (secondary N) is 3. The van der Waals surface area contributed by atoms with Crippen LogP contribution in [-0.4, -0.2) is 63.2 Å². The third kappa shape index (κ3) is 7.91. The third-order valence-electron chi connectivity index (χ3n) is 8.29. The molecule has 9 heteroatoms. The Morgan fingerprint density at radius 2 is 1.80 bits per heavy atom. The summed E-state index contributed by atoms with van der Waals surface area (Å²) in [5.41, 5.74) is 2.90. The summed E-state index contributed by atoms with van der Waals surface area (Å²) in [5.74, 6) is 0.0382. The quantitative estimate of drug-likeness (QED) is 0.180. The van der Waals surface area contributed by atoms with Crippen LogP contribution in [0.5, 0.6) is 0 Å². The van der Waals surface area contributed by atoms with Gasteiger partial charge in [0.1, 0.15) is 0 Å². The Balaban J connectivity index is 1.56. The summed E-state index contributed by atoms with van der Waals surface area (Å²) in [6.45, 7) is 5.79. The molecule has 0 unspecified atom stereocenters. The minimum atomic E-state index is -2.93. The van der Waals surface area contributed by atoms with Crippen molar-refractivity contribution in [3.05, 3.63) is 59.7 Å². The minimum absolute atomic E-state index is 0.0734. The number of aliphatic hydroxyl groups is 1. The summed E-state index contributed by atoms with van der Waals surface area (Å²) in [5, 5.41) is 21.5. The van der Waals surface area contributed by atoms with Gasteiger partial charge in [0.25, 0.3) is 5.91 Å². The molecule has 2 aromatic carbocycles. The number of β-amino-alcohol motifs (C(OH)–C–C–N with tert-alkyl or cyclic N) is 1. The Bertz CT molecular complexity index is 1090. The minimum Gasteiger partial charge on any atom is -0.390 e. The highest BCUT2D eigenvalue weighted by molar-refractivity contribution is 8.25. The maximum Gasteiger partial charge on any atom is 0.251 e. The molecular formula is C31H48N4O4S. The lowest BCUT2D eigenvalue weighted by Crippen LogP contribution is -2.53. The highest BCUT2D eigenvalue weighted by Gasteiger charge is 2.34. The number of hydrogen-bond acceptors (Lipinski definition) is 7. The van der Waals surface area contributed by atoms with Gasteiger partial charge in [-0.05, 0) is 69.2 Å². The van der Waals surface area contributed by atoms with E-state index in [9.17, 15) is 19.0 Å². The lowest BCUT2D eigenvalue weighted by atomic mass is 9.91. The van der Waals surface area contributed by atoms with Gasteiger partial charge in [0, 0.05) is 36.4 Å². The van der Waals surface area contributed by atoms with Crippen LogP contribution in [0.4, 0.5) is 11.4 Å². The monoisotopic (exact) mass is 572 g/mol. The highest BCUT2D eigenvalue weighted by atomic mass is 32.3. The summed E-state index contributed by atoms with van der Waals surface area (Å²) in [6, 6.07) is 14.8. The van der Waals surface area contributed by atoms with Crippen LogP contribution >= 0.6 is 10.8 Å². The molecule has 40 heavy (non-hydrogen) atoms. The molecule has 2 aromatic rings. The normalized spacial score (nSPS) is 20.5. The molecule has 8 nitrogen and oxygen atoms in total. The molecule has 0 aromatic heterocycles. The van der Waals surface area contributed by atoms with Gasteiger partial charge in [-0.1, -0.05) is 56.5 Å². The van der Waals surface area contributed by atoms with Crippen LogP contribution in [0.2, 0.25) is 0 Å². The number of carbonyl (C=O) groups is 1. The van der Waals surface area contributed by atoms with E-state index < -0.39 is 22.9 Å². The Hall–Kier alpha value is -2.30. The van der Waals surface area contributed by atoms with E-state index in [-0.39, 0.29) is 11.4 Å². The predicted molar refractivity (Wildman–Crippen MR) is 166 cm³/mol. The van der Waals surface area contributed by atoms with Crippen molar-refractivity contribution < 1.29 is 19.0 Å². The van der Waals surface area contributed by atoms with Crippen LogP contribution in [0, 0.1) is 0 Å². The average molecular weight is 573 g/mol. The zero-order chi connectivity index (χ0) is 28.6. The van der Waals surface area contributed by atoms with Crippen LogP contribution < -0.4 is 20.3 Å². The fourth-order valence-corrected chi connectivity index (χ4v) is 7.89. The van der Waals surface area contributed by atoms with Crippen LogP contribution in [0.1, 0.15) is 81.1 Å². The number of carbonyl (C=O) groups excluding carboxylic acids is 1. The molecule has 1 saturated heterocycles. The average Bonchev–Trinajstić information content (AvgIpc) is 3.40. The van der Waals surface area contributed by atoms with Crippen molar-refractivity contribution in [1.29, 1.82) is 0 Å². The number of nitrogens with zero attached hydrogens (tertiary/aromatic N) is 1. The van der Waals surface area contributed by atoms with E-state index >= 15 is 0 Å². The van der Waals surface area contributed by atoms with Crippen molar-refractivity contribution in [2.75, 3.05) is 35.0 Å². The van der Waals surface area contributed by atoms with Gasteiger partial charge >= 0.3 is 0 Å². The van der Waals surface area contributed by atoms with Gasteiger partial charge in [0.15, 0.2) is 0 Å². The summed E-state index contributed by atoms with van der Waals surface area (Å²) in [4.78, 5) is 13.7. The fraction of sp³-hybridized carbons (Fsp3) is 0.581. The maximum absolute atomic E-state index is 13.7. The predicted octanol–water partition coefficient (Wildman–Crippen LogP) is 5.79. The number of hydrogen-bond donors (Lipinski definition) is 6. The number of benzene rings is 2. The molecule has 2 aliphatic rings. The lowest BCUT2D eigenvalue weighted by molar-refractivity contribution is 0.0805. The first-order valence-electron chi connectivity index (χ1n) is 15.0. The van der Waals surface area contributed by atoms with E-state index in [1.165, 1.54) is 12.8 Å². The molecule has 222 valence electrons. The van der Waals surface area contributed by atoms with Gasteiger partial charge in [-0.25, -0.2) is 0 Å². The highest BCUT2D eigenvalue weighted by Crippen LogP contribution is 2.50. The van der Waals surface area contributed by atoms with Gasteiger partial charge < -0.3 is 21.1 Å². The van der Waals surface area contributed by atoms with Crippen molar-refractivity contribution in [1.82, 2.24) is 10.6 Å². The largest absolute Gasteiger partial charge is 0.390 e. The van der Waals surface area contributed by atoms with Crippen molar-refractivity contribution in [2.24, 2.45) is 0 Å². The first-order chi connectivity index (χ1) is 19.2. The van der Waals surface area contributed by atoms with Gasteiger partial charge in [0.05, 0.1) is 23.6 Å². The van der Waals surface area contributed by atoms with Gasteiger partial charge in [-0.3, -0.25) is 18.2 Å². The summed E-state index contributed by atoms with van der Waals surface area (Å²) in [6.07, 6.45) is 8.21. The van der Waals surface area contributed by atoms with E-state index in [1.54, 1.807) is 16.4 Å². The van der Waals surface area contributed by atoms with Crippen molar-refractivity contribution in [2.45, 2.75) is 89.3 Å². The molecule has 0 radical (unpaired) electrons. The second kappa shape index (κ2) is 14.0. The fourth-order valence-electron chi connectivity index (χ4n) is 6.21. The van der Waals surface area contributed by atoms with Crippen LogP contribution in [0.25, 0.3) is 0 Å². The first-order valence-corrected chi connectivity index (χ1v) is 16.6. The standard InChI is InChI=1S/C31H48N4O4S/c1-3-14-31(15-8-9-16-31)33-23-29(36)28(19-24-12-6-5-7-13-24)34-30(37)25-20-26(32-4-2)22-27(21-25)35-17-10-11-18-40(35,38)39/h5-7,12-13,20-22,28-29,32-33,36,38-39H,3-4,8-11,14-19,23H2,1-2H3,(H,34,37)/t28-,29+/m0/s1. The second-order valence-electron chi connectivity index (χ2n) is 11.4. The molecule has 0 spiro atoms. The molecule has 2 fully saturated rings. The third-order valence-corrected chi connectivity index (χ3v) is 10.2. The molecular weight excluding hydrogens is 524 g/mol. The Morgan fingerprint density at radius 3 is 2.48 bits per heavy atom. The van der Waals surface area contributed by atoms with Crippen molar-refractivity contribution in [3.8, 4) is 0 Å². The van der Waals surface area contributed by atoms with Crippen LogP contribution in [-0.2, 0) is 6.42 Å². The second-order valence-corrected chi connectivity index (χ2v) is 13.5. The van der Waals surface area contributed by atoms with Crippen molar-refractivity contribution in [3.63, 3.8) is 0 Å². The molecule has 1 heterocycles. The van der Waals surface area contributed by atoms with E-state index in [2.05, 4.69) is 22.9 Å². The van der Waals surface area contributed by atoms with E-state index in [4.69, 9.17) is 0 Å². The van der Waals surface area contributed by atoms with Crippen LogP contribution in [0.3, 0.4) is 0 Å². The number of aliphatic hydroxyl groups excluding tert-OH is 1. The molecule has 1 saturated carbocycles. The van der Waals surface area contributed by atoms with E-state index in [1.807, 2.05) is 43.3 Å². The SMILES string of the molecule is CCCC1(NC[C@@H](O)[C@H](Cc2ccccc2)NC(=O)c2cc(NCC)cc(N3CCCCS3(O)O)c2)CCCC1. The molecule has 0 bridgehead atoms. The van der Waals surface area contributed by atoms with Gasteiger partial charge in [-0.15, -0.1) is 10.8 Å². The zero-order valence-corrected chi connectivity index (χ0v) is 24.9. The molecule has 1 aliphatic carbocycles. The smallest absolute Gasteiger partial charge is 0.251 e. The zero-order valence-electron chi connectivity index (χ0n) is 24.1. The summed E-state index contributed by atoms with van der Waals surface area (Å²) in [7, 11) is -2.93. The first kappa shape index (κ1) is 30.7. The Labute approximate surface area is 241 Å². The molecule has 1 amide bonds. The summed E-state index contributed by atoms with van der Waals surface area (Å²) < 4.78 is 23.1. The summed E-state index contributed by atoms with van der Waals surface area (Å²) >= 11 is 0. The maximum atomic E-state index is 13.7. The number of rotatable bonds is 13. The van der Waals surface area contributed by atoms with Gasteiger partial charge in [-0.2, -0.15) is 0 Å². The van der Waals surface area contributed by atoms with E-state index in [0.29, 0.717) is 43.1 Å². The number of amides is 1. The van der Waals surface area contributed by atoms with Crippen LogP contribution in [0.15, 0.2) is 48.5 Å². The Kier molecular flexibility index (Phi) is 10.8. The molecule has 1 aliphatic heterocycles. The van der Waals surface area contributed by atoms with Crippen molar-refractivity contribution >= 4 is 28.1 Å². The van der Waals surface area contributed by atoms with Gasteiger partial charge in [0.2, 0.25) is 0 Å².